The number of fused-ring (bicyclic) bond motifs is 3. The van der Waals surface area contributed by atoms with Crippen LogP contribution >= 0.6 is 11.3 Å². The number of ether oxygens (including phenoxy) is 1. The minimum absolute atomic E-state index is 0.0139. The molecule has 0 spiro atoms. The van der Waals surface area contributed by atoms with Gasteiger partial charge < -0.3 is 15.4 Å². The molecule has 4 aromatic rings. The van der Waals surface area contributed by atoms with Crippen LogP contribution < -0.4 is 15.4 Å². The third kappa shape index (κ3) is 4.83. The average molecular weight is 550 g/mol. The molecule has 2 aliphatic rings. The van der Waals surface area contributed by atoms with E-state index in [1.54, 1.807) is 23.5 Å². The van der Waals surface area contributed by atoms with E-state index in [0.717, 1.165) is 54.4 Å². The van der Waals surface area contributed by atoms with E-state index in [2.05, 4.69) is 32.1 Å². The topological polar surface area (TPSA) is 79.4 Å². The van der Waals surface area contributed by atoms with Gasteiger partial charge in [-0.05, 0) is 67.9 Å². The van der Waals surface area contributed by atoms with Crippen LogP contribution in [0.15, 0.2) is 54.2 Å². The van der Waals surface area contributed by atoms with Gasteiger partial charge in [-0.25, -0.2) is 8.78 Å². The van der Waals surface area contributed by atoms with Gasteiger partial charge in [0.25, 0.3) is 5.91 Å². The molecule has 0 radical (unpaired) electrons. The molecule has 0 atom stereocenters. The van der Waals surface area contributed by atoms with Crippen LogP contribution in [0.1, 0.15) is 25.7 Å². The Balaban J connectivity index is 1.35. The number of hydrogen-bond acceptors (Lipinski definition) is 7. The molecule has 2 fully saturated rings. The summed E-state index contributed by atoms with van der Waals surface area (Å²) in [4.78, 5) is 23.1. The Morgan fingerprint density at radius 1 is 1.08 bits per heavy atom. The summed E-state index contributed by atoms with van der Waals surface area (Å²) in [6.45, 7) is 5.94. The Labute approximate surface area is 228 Å². The van der Waals surface area contributed by atoms with Crippen molar-refractivity contribution >= 4 is 44.1 Å². The molecule has 10 heteroatoms. The van der Waals surface area contributed by atoms with Crippen LogP contribution in [0, 0.1) is 5.82 Å². The number of carbonyl (C=O) groups excluding carboxylic acids is 1. The smallest absolute Gasteiger partial charge is 0.319 e. The van der Waals surface area contributed by atoms with Gasteiger partial charge in [-0.3, -0.25) is 9.69 Å². The zero-order valence-electron chi connectivity index (χ0n) is 21.4. The summed E-state index contributed by atoms with van der Waals surface area (Å²) in [7, 11) is 0. The summed E-state index contributed by atoms with van der Waals surface area (Å²) >= 11 is 1.61. The Bertz CT molecular complexity index is 1560. The monoisotopic (exact) mass is 549 g/mol. The van der Waals surface area contributed by atoms with Crippen molar-refractivity contribution in [3.05, 3.63) is 60.0 Å². The molecule has 2 saturated heterocycles. The van der Waals surface area contributed by atoms with Crippen LogP contribution in [-0.4, -0.2) is 59.1 Å². The van der Waals surface area contributed by atoms with E-state index >= 15 is 4.39 Å². The number of halogens is 2. The van der Waals surface area contributed by atoms with Crippen molar-refractivity contribution in [2.75, 3.05) is 38.1 Å². The maximum Gasteiger partial charge on any atom is 0.319 e. The third-order valence-corrected chi connectivity index (χ3v) is 8.68. The van der Waals surface area contributed by atoms with Crippen LogP contribution in [0.2, 0.25) is 0 Å². The van der Waals surface area contributed by atoms with Gasteiger partial charge in [-0.1, -0.05) is 24.8 Å². The standard InChI is InChI=1S/C29H29F2N5O2S/c1-18(30)27(37)33-13-12-32-26-22-8-7-21(19-5-2-6-23-20(19)9-16-39-23)24(31)25(22)34-28(35-26)38-17-29-10-3-14-36(29)15-4-11-29/h2,5-9,16H,1,3-4,10-15,17H2,(H,33,37)(H,32,34,35). The molecule has 1 amide bonds. The van der Waals surface area contributed by atoms with Gasteiger partial charge in [0.15, 0.2) is 11.6 Å². The Hall–Kier alpha value is -3.63. The van der Waals surface area contributed by atoms with Gasteiger partial charge >= 0.3 is 6.01 Å². The highest BCUT2D eigenvalue weighted by atomic mass is 32.1. The van der Waals surface area contributed by atoms with Crippen molar-refractivity contribution in [3.63, 3.8) is 0 Å². The Kier molecular flexibility index (Phi) is 6.90. The number of thiophene rings is 1. The van der Waals surface area contributed by atoms with Crippen LogP contribution in [0.25, 0.3) is 32.1 Å². The predicted molar refractivity (Wildman–Crippen MR) is 150 cm³/mol. The van der Waals surface area contributed by atoms with Gasteiger partial charge in [-0.2, -0.15) is 9.97 Å². The van der Waals surface area contributed by atoms with E-state index in [1.165, 1.54) is 0 Å². The van der Waals surface area contributed by atoms with Crippen molar-refractivity contribution in [3.8, 4) is 17.1 Å². The summed E-state index contributed by atoms with van der Waals surface area (Å²) in [5, 5.41) is 9.03. The minimum atomic E-state index is -1.05. The van der Waals surface area contributed by atoms with Gasteiger partial charge in [0, 0.05) is 34.1 Å². The van der Waals surface area contributed by atoms with E-state index in [4.69, 9.17) is 4.74 Å². The lowest BCUT2D eigenvalue weighted by molar-refractivity contribution is -0.118. The number of nitrogens with one attached hydrogen (secondary N) is 2. The minimum Gasteiger partial charge on any atom is -0.461 e. The number of benzene rings is 2. The van der Waals surface area contributed by atoms with Crippen molar-refractivity contribution in [1.82, 2.24) is 20.2 Å². The number of hydrogen-bond donors (Lipinski definition) is 2. The number of nitrogens with zero attached hydrogens (tertiary/aromatic N) is 3. The molecule has 39 heavy (non-hydrogen) atoms. The summed E-state index contributed by atoms with van der Waals surface area (Å²) in [5.41, 5.74) is 1.39. The first-order chi connectivity index (χ1) is 18.9. The van der Waals surface area contributed by atoms with Crippen LogP contribution in [-0.2, 0) is 4.79 Å². The first kappa shape index (κ1) is 25.6. The van der Waals surface area contributed by atoms with Crippen molar-refractivity contribution in [2.45, 2.75) is 31.2 Å². The molecule has 6 rings (SSSR count). The lowest BCUT2D eigenvalue weighted by Crippen LogP contribution is -2.43. The zero-order chi connectivity index (χ0) is 27.0. The molecule has 0 aliphatic carbocycles. The summed E-state index contributed by atoms with van der Waals surface area (Å²) in [6.07, 6.45) is 4.40. The Morgan fingerprint density at radius 3 is 2.69 bits per heavy atom. The van der Waals surface area contributed by atoms with E-state index in [0.29, 0.717) is 23.4 Å². The summed E-state index contributed by atoms with van der Waals surface area (Å²) in [5.74, 6) is -2.00. The largest absolute Gasteiger partial charge is 0.461 e. The fourth-order valence-electron chi connectivity index (χ4n) is 5.89. The van der Waals surface area contributed by atoms with E-state index in [-0.39, 0.29) is 30.2 Å². The fraction of sp³-hybridized carbons (Fsp3) is 0.345. The van der Waals surface area contributed by atoms with Gasteiger partial charge in [0.1, 0.15) is 17.9 Å². The number of aromatic nitrogens is 2. The maximum absolute atomic E-state index is 16.2. The molecule has 202 valence electrons. The van der Waals surface area contributed by atoms with Crippen molar-refractivity contribution < 1.29 is 18.3 Å². The molecular formula is C29H29F2N5O2S. The zero-order valence-corrected chi connectivity index (χ0v) is 22.3. The lowest BCUT2D eigenvalue weighted by atomic mass is 9.95. The predicted octanol–water partition coefficient (Wildman–Crippen LogP) is 5.67. The highest BCUT2D eigenvalue weighted by Crippen LogP contribution is 2.40. The van der Waals surface area contributed by atoms with E-state index in [9.17, 15) is 9.18 Å². The highest BCUT2D eigenvalue weighted by Gasteiger charge is 2.45. The molecular weight excluding hydrogens is 520 g/mol. The molecule has 2 aliphatic heterocycles. The van der Waals surface area contributed by atoms with Gasteiger partial charge in [-0.15, -0.1) is 11.3 Å². The van der Waals surface area contributed by atoms with E-state index < -0.39 is 17.6 Å². The summed E-state index contributed by atoms with van der Waals surface area (Å²) in [6, 6.07) is 11.5. The molecule has 0 saturated carbocycles. The first-order valence-corrected chi connectivity index (χ1v) is 14.0. The van der Waals surface area contributed by atoms with E-state index in [1.807, 2.05) is 29.6 Å². The highest BCUT2D eigenvalue weighted by molar-refractivity contribution is 7.17. The quantitative estimate of drug-likeness (QED) is 0.207. The van der Waals surface area contributed by atoms with Crippen molar-refractivity contribution in [1.29, 1.82) is 0 Å². The second-order valence-corrected chi connectivity index (χ2v) is 11.1. The normalized spacial score (nSPS) is 16.5. The van der Waals surface area contributed by atoms with Gasteiger partial charge in [0.2, 0.25) is 0 Å². The first-order valence-electron chi connectivity index (χ1n) is 13.2. The molecule has 7 nitrogen and oxygen atoms in total. The molecule has 2 aromatic carbocycles. The average Bonchev–Trinajstić information content (AvgIpc) is 3.66. The summed E-state index contributed by atoms with van der Waals surface area (Å²) < 4.78 is 36.5. The molecule has 2 N–H and O–H groups in total. The number of carbonyl (C=O) groups is 1. The fourth-order valence-corrected chi connectivity index (χ4v) is 6.70. The van der Waals surface area contributed by atoms with Crippen LogP contribution in [0.4, 0.5) is 14.6 Å². The van der Waals surface area contributed by atoms with Gasteiger partial charge in [0.05, 0.1) is 5.54 Å². The SMILES string of the molecule is C=C(F)C(=O)NCCNc1nc(OCC23CCCN2CCC3)nc2c(F)c(-c3cccc4sccc34)ccc12. The number of amides is 1. The molecule has 4 heterocycles. The van der Waals surface area contributed by atoms with Crippen LogP contribution in [0.5, 0.6) is 6.01 Å². The molecule has 0 unspecified atom stereocenters. The number of anilines is 1. The second-order valence-electron chi connectivity index (χ2n) is 10.1. The number of rotatable bonds is 9. The van der Waals surface area contributed by atoms with Crippen molar-refractivity contribution in [2.24, 2.45) is 0 Å². The third-order valence-electron chi connectivity index (χ3n) is 7.80. The maximum atomic E-state index is 16.2. The Morgan fingerprint density at radius 2 is 1.90 bits per heavy atom. The second kappa shape index (κ2) is 10.5. The lowest BCUT2D eigenvalue weighted by Gasteiger charge is -2.31. The molecule has 2 aromatic heterocycles. The molecule has 0 bridgehead atoms. The van der Waals surface area contributed by atoms with Crippen LogP contribution in [0.3, 0.4) is 0 Å².